The van der Waals surface area contributed by atoms with Crippen LogP contribution >= 0.6 is 8.58 Å². The molecule has 0 saturated heterocycles. The Kier molecular flexibility index (Phi) is 6.42. The number of aryl methyl sites for hydroxylation is 5. The molecule has 0 aliphatic heterocycles. The van der Waals surface area contributed by atoms with E-state index in [0.717, 1.165) is 30.6 Å². The number of carbonyl (C=O) groups is 1. The summed E-state index contributed by atoms with van der Waals surface area (Å²) in [6.45, 7) is 10.2. The molecule has 0 amide bonds. The van der Waals surface area contributed by atoms with Crippen LogP contribution in [0.15, 0.2) is 30.3 Å². The van der Waals surface area contributed by atoms with Gasteiger partial charge >= 0.3 is 18.9 Å². The van der Waals surface area contributed by atoms with Crippen LogP contribution in [0.3, 0.4) is 0 Å². The fourth-order valence-corrected chi connectivity index (χ4v) is 3.83. The molecule has 0 N–H and O–H groups in total. The molecule has 2 aromatic carbocycles. The molecule has 2 rings (SSSR count). The summed E-state index contributed by atoms with van der Waals surface area (Å²) in [6, 6.07) is 10.3. The number of carbonyl (C=O) groups excluding carboxylic acids is 1. The van der Waals surface area contributed by atoms with Crippen molar-refractivity contribution >= 4 is 19.4 Å². The zero-order valence-electron chi connectivity index (χ0n) is 13.7. The Morgan fingerprint density at radius 3 is 1.81 bits per heavy atom. The van der Waals surface area contributed by atoms with E-state index in [0.29, 0.717) is 0 Å². The van der Waals surface area contributed by atoms with Crippen molar-refractivity contribution in [2.75, 3.05) is 0 Å². The third kappa shape index (κ3) is 4.08. The molecule has 0 heterocycles. The molecule has 0 bridgehead atoms. The summed E-state index contributed by atoms with van der Waals surface area (Å²) in [7, 11) is 0.775. The molecule has 0 unspecified atom stereocenters. The van der Waals surface area contributed by atoms with Gasteiger partial charge in [-0.1, -0.05) is 47.0 Å². The third-order valence-electron chi connectivity index (χ3n) is 3.54. The van der Waals surface area contributed by atoms with Crippen LogP contribution in [0.5, 0.6) is 0 Å². The van der Waals surface area contributed by atoms with Gasteiger partial charge in [-0.2, -0.15) is 5.30 Å². The van der Waals surface area contributed by atoms with E-state index in [-0.39, 0.29) is 24.4 Å². The monoisotopic (exact) mass is 290 g/mol. The van der Waals surface area contributed by atoms with Crippen molar-refractivity contribution in [2.45, 2.75) is 34.6 Å². The van der Waals surface area contributed by atoms with Gasteiger partial charge in [-0.05, 0) is 51.3 Å². The molecular weight excluding hydrogens is 270 g/mol. The molecular formula is C18H20LiOP. The van der Waals surface area contributed by atoms with E-state index in [1.54, 1.807) is 0 Å². The summed E-state index contributed by atoms with van der Waals surface area (Å²) >= 11 is 0. The molecule has 0 atom stereocenters. The summed E-state index contributed by atoms with van der Waals surface area (Å²) in [5.74, 6) is 0. The second kappa shape index (κ2) is 7.42. The van der Waals surface area contributed by atoms with Crippen molar-refractivity contribution in [3.63, 3.8) is 0 Å². The van der Waals surface area contributed by atoms with Gasteiger partial charge in [0.1, 0.15) is 0 Å². The Morgan fingerprint density at radius 1 is 0.857 bits per heavy atom. The van der Waals surface area contributed by atoms with Crippen LogP contribution in [0.2, 0.25) is 0 Å². The van der Waals surface area contributed by atoms with Crippen molar-refractivity contribution < 1.29 is 23.7 Å². The molecule has 21 heavy (non-hydrogen) atoms. The predicted molar refractivity (Wildman–Crippen MR) is 87.5 cm³/mol. The Morgan fingerprint density at radius 2 is 1.33 bits per heavy atom. The third-order valence-corrected chi connectivity index (χ3v) is 4.90. The molecule has 1 nitrogen and oxygen atoms in total. The molecule has 0 radical (unpaired) electrons. The van der Waals surface area contributed by atoms with Crippen LogP contribution < -0.4 is 24.2 Å². The SMILES string of the molecule is Cc1cc(C)c(C(=O)[P-]c2c(C)cccc2C)c(C)c1.[Li+]. The average molecular weight is 290 g/mol. The summed E-state index contributed by atoms with van der Waals surface area (Å²) < 4.78 is 0. The second-order valence-electron chi connectivity index (χ2n) is 5.43. The Balaban J connectivity index is 0.00000220. The quantitative estimate of drug-likeness (QED) is 0.620. The van der Waals surface area contributed by atoms with Crippen molar-refractivity contribution in [3.8, 4) is 0 Å². The van der Waals surface area contributed by atoms with Crippen LogP contribution in [-0.4, -0.2) is 5.52 Å². The topological polar surface area (TPSA) is 17.1 Å². The van der Waals surface area contributed by atoms with E-state index in [4.69, 9.17) is 0 Å². The van der Waals surface area contributed by atoms with Gasteiger partial charge in [0, 0.05) is 5.52 Å². The first kappa shape index (κ1) is 18.2. The minimum atomic E-state index is 0. The molecule has 3 heteroatoms. The zero-order valence-corrected chi connectivity index (χ0v) is 14.6. The maximum atomic E-state index is 12.7. The number of hydrogen-bond acceptors (Lipinski definition) is 1. The van der Waals surface area contributed by atoms with Gasteiger partial charge in [0.05, 0.1) is 0 Å². The molecule has 2 aromatic rings. The van der Waals surface area contributed by atoms with Crippen LogP contribution in [-0.2, 0) is 0 Å². The van der Waals surface area contributed by atoms with Crippen molar-refractivity contribution in [1.82, 2.24) is 0 Å². The molecule has 0 aliphatic rings. The Bertz CT molecular complexity index is 634. The minimum Gasteiger partial charge on any atom is -0.425 e. The van der Waals surface area contributed by atoms with Crippen molar-refractivity contribution in [3.05, 3.63) is 63.7 Å². The molecule has 0 saturated carbocycles. The fraction of sp³-hybridized carbons (Fsp3) is 0.278. The average Bonchev–Trinajstić information content (AvgIpc) is 2.32. The molecule has 0 spiro atoms. The summed E-state index contributed by atoms with van der Waals surface area (Å²) in [5, 5.41) is 1.14. The zero-order chi connectivity index (χ0) is 14.9. The minimum absolute atomic E-state index is 0. The Labute approximate surface area is 141 Å². The standard InChI is InChI=1S/C18H20OP.Li/c1-11-9-14(4)16(15(5)10-11)18(19)20-17-12(2)7-6-8-13(17)3;/h6-10H,1-5H3;/q-1;+1. The van der Waals surface area contributed by atoms with Gasteiger partial charge < -0.3 is 13.4 Å². The first-order valence-corrected chi connectivity index (χ1v) is 7.69. The predicted octanol–water partition coefficient (Wildman–Crippen LogP) is 1.64. The van der Waals surface area contributed by atoms with Crippen LogP contribution in [0.25, 0.3) is 0 Å². The van der Waals surface area contributed by atoms with Crippen molar-refractivity contribution in [2.24, 2.45) is 0 Å². The van der Waals surface area contributed by atoms with E-state index in [9.17, 15) is 4.79 Å². The smallest absolute Gasteiger partial charge is 0.425 e. The first-order chi connectivity index (χ1) is 9.40. The van der Waals surface area contributed by atoms with E-state index in [1.807, 2.05) is 19.9 Å². The number of hydrogen-bond donors (Lipinski definition) is 0. The molecule has 104 valence electrons. The van der Waals surface area contributed by atoms with E-state index < -0.39 is 0 Å². The number of benzene rings is 2. The summed E-state index contributed by atoms with van der Waals surface area (Å²) in [6.07, 6.45) is 0. The Hall–Kier alpha value is -0.863. The largest absolute Gasteiger partial charge is 1.00 e. The van der Waals surface area contributed by atoms with Crippen LogP contribution in [0, 0.1) is 34.6 Å². The van der Waals surface area contributed by atoms with E-state index >= 15 is 0 Å². The first-order valence-electron chi connectivity index (χ1n) is 6.80. The van der Waals surface area contributed by atoms with Gasteiger partial charge in [-0.3, -0.25) is 0 Å². The molecule has 0 aromatic heterocycles. The van der Waals surface area contributed by atoms with Gasteiger partial charge in [-0.25, -0.2) is 0 Å². The van der Waals surface area contributed by atoms with Gasteiger partial charge in [0.15, 0.2) is 0 Å². The summed E-state index contributed by atoms with van der Waals surface area (Å²) in [4.78, 5) is 12.7. The van der Waals surface area contributed by atoms with E-state index in [1.165, 1.54) is 16.7 Å². The van der Waals surface area contributed by atoms with Gasteiger partial charge in [0.25, 0.3) is 0 Å². The number of rotatable bonds is 3. The van der Waals surface area contributed by atoms with Crippen LogP contribution in [0.1, 0.15) is 38.2 Å². The van der Waals surface area contributed by atoms with Gasteiger partial charge in [-0.15, -0.1) is 0 Å². The second-order valence-corrected chi connectivity index (χ2v) is 6.51. The van der Waals surface area contributed by atoms with Crippen LogP contribution in [0.4, 0.5) is 0 Å². The normalized spacial score (nSPS) is 10.7. The molecule has 0 aliphatic carbocycles. The summed E-state index contributed by atoms with van der Waals surface area (Å²) in [5.41, 5.74) is 6.79. The maximum absolute atomic E-state index is 12.7. The van der Waals surface area contributed by atoms with Crippen molar-refractivity contribution in [1.29, 1.82) is 0 Å². The van der Waals surface area contributed by atoms with Gasteiger partial charge in [0.2, 0.25) is 0 Å². The fourth-order valence-electron chi connectivity index (χ4n) is 2.66. The van der Waals surface area contributed by atoms with E-state index in [2.05, 4.69) is 45.0 Å². The maximum Gasteiger partial charge on any atom is 1.00 e. The molecule has 0 fully saturated rings.